The minimum absolute atomic E-state index is 0.116. The Kier molecular flexibility index (Phi) is 7.12. The smallest absolute Gasteiger partial charge is 0.264 e. The molecular weight excluding hydrogens is 467 g/mol. The number of nitrogens with zero attached hydrogens (tertiary/aromatic N) is 1. The van der Waals surface area contributed by atoms with E-state index in [1.54, 1.807) is 48.5 Å². The van der Waals surface area contributed by atoms with Crippen LogP contribution in [0.1, 0.15) is 5.56 Å². The maximum atomic E-state index is 13.4. The van der Waals surface area contributed by atoms with E-state index in [0.717, 1.165) is 22.0 Å². The Bertz CT molecular complexity index is 1390. The molecule has 0 heterocycles. The highest BCUT2D eigenvalue weighted by molar-refractivity contribution is 7.92. The fourth-order valence-electron chi connectivity index (χ4n) is 3.32. The fraction of sp³-hybridized carbons (Fsp3) is 0.0741. The molecule has 0 fully saturated rings. The minimum Gasteiger partial charge on any atom is -0.457 e. The zero-order valence-corrected chi connectivity index (χ0v) is 19.7. The maximum Gasteiger partial charge on any atom is 0.264 e. The van der Waals surface area contributed by atoms with Crippen LogP contribution in [0.2, 0.25) is 0 Å². The topological polar surface area (TPSA) is 75.7 Å². The van der Waals surface area contributed by atoms with Gasteiger partial charge in [0, 0.05) is 5.69 Å². The summed E-state index contributed by atoms with van der Waals surface area (Å²) >= 11 is 0. The lowest BCUT2D eigenvalue weighted by Crippen LogP contribution is -2.38. The number of hydrogen-bond acceptors (Lipinski definition) is 4. The molecule has 8 heteroatoms. The summed E-state index contributed by atoms with van der Waals surface area (Å²) < 4.78 is 46.8. The lowest BCUT2D eigenvalue weighted by molar-refractivity contribution is -0.114. The van der Waals surface area contributed by atoms with Gasteiger partial charge >= 0.3 is 0 Å². The number of benzene rings is 4. The number of hydrogen-bond donors (Lipinski definition) is 1. The molecule has 0 aliphatic carbocycles. The van der Waals surface area contributed by atoms with Crippen LogP contribution in [-0.4, -0.2) is 20.9 Å². The molecule has 1 N–H and O–H groups in total. The van der Waals surface area contributed by atoms with E-state index >= 15 is 0 Å². The van der Waals surface area contributed by atoms with Gasteiger partial charge in [-0.15, -0.1) is 0 Å². The molecule has 4 rings (SSSR count). The number of nitrogens with one attached hydrogen (secondary N) is 1. The van der Waals surface area contributed by atoms with Crippen molar-refractivity contribution in [2.75, 3.05) is 16.2 Å². The molecule has 178 valence electrons. The summed E-state index contributed by atoms with van der Waals surface area (Å²) in [6, 6.07) is 27.3. The summed E-state index contributed by atoms with van der Waals surface area (Å²) in [4.78, 5) is 12.7. The highest BCUT2D eigenvalue weighted by Gasteiger charge is 2.27. The van der Waals surface area contributed by atoms with Gasteiger partial charge in [-0.25, -0.2) is 12.8 Å². The van der Waals surface area contributed by atoms with Gasteiger partial charge in [0.1, 0.15) is 23.9 Å². The Morgan fingerprint density at radius 3 is 2.06 bits per heavy atom. The number of rotatable bonds is 8. The third-order valence-electron chi connectivity index (χ3n) is 5.13. The molecule has 6 nitrogen and oxygen atoms in total. The maximum absolute atomic E-state index is 13.4. The van der Waals surface area contributed by atoms with Crippen molar-refractivity contribution in [1.82, 2.24) is 0 Å². The van der Waals surface area contributed by atoms with E-state index in [1.807, 2.05) is 37.3 Å². The molecule has 0 aliphatic rings. The molecule has 0 saturated heterocycles. The van der Waals surface area contributed by atoms with Crippen LogP contribution in [0.5, 0.6) is 11.5 Å². The van der Waals surface area contributed by atoms with Gasteiger partial charge in [0.05, 0.1) is 10.6 Å². The molecule has 4 aromatic carbocycles. The van der Waals surface area contributed by atoms with E-state index in [1.165, 1.54) is 12.1 Å². The first-order valence-electron chi connectivity index (χ1n) is 10.8. The zero-order chi connectivity index (χ0) is 24.8. The third kappa shape index (κ3) is 6.04. The van der Waals surface area contributed by atoms with E-state index in [2.05, 4.69) is 5.32 Å². The van der Waals surface area contributed by atoms with Gasteiger partial charge in [-0.2, -0.15) is 0 Å². The van der Waals surface area contributed by atoms with Gasteiger partial charge in [0.2, 0.25) is 5.91 Å². The summed E-state index contributed by atoms with van der Waals surface area (Å²) in [5, 5.41) is 2.72. The van der Waals surface area contributed by atoms with Crippen LogP contribution < -0.4 is 14.4 Å². The normalized spacial score (nSPS) is 11.0. The number of carbonyl (C=O) groups excluding carboxylic acids is 1. The van der Waals surface area contributed by atoms with Gasteiger partial charge in [-0.1, -0.05) is 35.9 Å². The van der Waals surface area contributed by atoms with E-state index in [0.29, 0.717) is 22.9 Å². The summed E-state index contributed by atoms with van der Waals surface area (Å²) in [5.74, 6) is 0.189. The predicted octanol–water partition coefficient (Wildman–Crippen LogP) is 5.76. The quantitative estimate of drug-likeness (QED) is 0.341. The minimum atomic E-state index is -4.13. The standard InChI is InChI=1S/C27H23FN2O4S/c1-20-7-13-23(14-8-20)30(35(32,33)26-17-9-21(28)10-18-26)19-27(31)29-22-11-15-25(16-12-22)34-24-5-3-2-4-6-24/h2-18H,19H2,1H3,(H,29,31). The van der Waals surface area contributed by atoms with Crippen molar-refractivity contribution in [2.24, 2.45) is 0 Å². The molecule has 0 aliphatic heterocycles. The van der Waals surface area contributed by atoms with Crippen molar-refractivity contribution >= 4 is 27.3 Å². The van der Waals surface area contributed by atoms with Crippen molar-refractivity contribution in [1.29, 1.82) is 0 Å². The molecule has 0 spiro atoms. The Morgan fingerprint density at radius 1 is 0.829 bits per heavy atom. The second kappa shape index (κ2) is 10.4. The number of ether oxygens (including phenoxy) is 1. The Balaban J connectivity index is 1.52. The molecule has 0 radical (unpaired) electrons. The van der Waals surface area contributed by atoms with E-state index in [4.69, 9.17) is 4.74 Å². The fourth-order valence-corrected chi connectivity index (χ4v) is 4.74. The Hall–Kier alpha value is -4.17. The number of halogens is 1. The first kappa shape index (κ1) is 24.0. The van der Waals surface area contributed by atoms with E-state index in [-0.39, 0.29) is 4.90 Å². The monoisotopic (exact) mass is 490 g/mol. The molecule has 1 amide bonds. The molecule has 0 aromatic heterocycles. The van der Waals surface area contributed by atoms with Crippen molar-refractivity contribution in [3.05, 3.63) is 115 Å². The number of para-hydroxylation sites is 1. The highest BCUT2D eigenvalue weighted by Crippen LogP contribution is 2.25. The first-order valence-corrected chi connectivity index (χ1v) is 12.2. The summed E-state index contributed by atoms with van der Waals surface area (Å²) in [6.45, 7) is 1.41. The Labute approximate surface area is 203 Å². The first-order chi connectivity index (χ1) is 16.8. The molecule has 0 bridgehead atoms. The summed E-state index contributed by atoms with van der Waals surface area (Å²) in [7, 11) is -4.13. The second-order valence-electron chi connectivity index (χ2n) is 7.79. The largest absolute Gasteiger partial charge is 0.457 e. The molecule has 0 saturated carbocycles. The molecule has 0 atom stereocenters. The van der Waals surface area contributed by atoms with E-state index in [9.17, 15) is 17.6 Å². The van der Waals surface area contributed by atoms with Crippen molar-refractivity contribution < 1.29 is 22.3 Å². The van der Waals surface area contributed by atoms with Crippen molar-refractivity contribution in [2.45, 2.75) is 11.8 Å². The lowest BCUT2D eigenvalue weighted by Gasteiger charge is -2.24. The number of amides is 1. The van der Waals surface area contributed by atoms with Crippen LogP contribution in [-0.2, 0) is 14.8 Å². The summed E-state index contributed by atoms with van der Waals surface area (Å²) in [6.07, 6.45) is 0. The number of anilines is 2. The predicted molar refractivity (Wildman–Crippen MR) is 134 cm³/mol. The third-order valence-corrected chi connectivity index (χ3v) is 6.92. The van der Waals surface area contributed by atoms with Crippen LogP contribution in [0.15, 0.2) is 108 Å². The molecular formula is C27H23FN2O4S. The van der Waals surface area contributed by atoms with Gasteiger partial charge in [0.15, 0.2) is 0 Å². The average molecular weight is 491 g/mol. The van der Waals surface area contributed by atoms with Crippen LogP contribution in [0, 0.1) is 12.7 Å². The van der Waals surface area contributed by atoms with Crippen LogP contribution in [0.3, 0.4) is 0 Å². The highest BCUT2D eigenvalue weighted by atomic mass is 32.2. The van der Waals surface area contributed by atoms with Crippen molar-refractivity contribution in [3.63, 3.8) is 0 Å². The van der Waals surface area contributed by atoms with E-state index < -0.39 is 28.3 Å². The van der Waals surface area contributed by atoms with Gasteiger partial charge < -0.3 is 10.1 Å². The Morgan fingerprint density at radius 2 is 1.43 bits per heavy atom. The van der Waals surface area contributed by atoms with Gasteiger partial charge in [0.25, 0.3) is 10.0 Å². The number of sulfonamides is 1. The molecule has 0 unspecified atom stereocenters. The van der Waals surface area contributed by atoms with Crippen LogP contribution in [0.25, 0.3) is 0 Å². The lowest BCUT2D eigenvalue weighted by atomic mass is 10.2. The molecule has 4 aromatic rings. The van der Waals surface area contributed by atoms with Crippen LogP contribution >= 0.6 is 0 Å². The van der Waals surface area contributed by atoms with Crippen molar-refractivity contribution in [3.8, 4) is 11.5 Å². The zero-order valence-electron chi connectivity index (χ0n) is 18.9. The molecule has 35 heavy (non-hydrogen) atoms. The average Bonchev–Trinajstić information content (AvgIpc) is 2.85. The number of carbonyl (C=O) groups is 1. The van der Waals surface area contributed by atoms with Gasteiger partial charge in [-0.3, -0.25) is 9.10 Å². The SMILES string of the molecule is Cc1ccc(N(CC(=O)Nc2ccc(Oc3ccccc3)cc2)S(=O)(=O)c2ccc(F)cc2)cc1. The van der Waals surface area contributed by atoms with Crippen LogP contribution in [0.4, 0.5) is 15.8 Å². The number of aryl methyl sites for hydroxylation is 1. The second-order valence-corrected chi connectivity index (χ2v) is 9.65. The van der Waals surface area contributed by atoms with Gasteiger partial charge in [-0.05, 0) is 79.7 Å². The summed E-state index contributed by atoms with van der Waals surface area (Å²) in [5.41, 5.74) is 1.75.